The number of carbonyl (C=O) groups is 2. The predicted molar refractivity (Wildman–Crippen MR) is 111 cm³/mol. The van der Waals surface area contributed by atoms with Crippen molar-refractivity contribution in [2.45, 2.75) is 38.7 Å². The Balaban J connectivity index is 1.66. The minimum absolute atomic E-state index is 0.0878. The largest absolute Gasteiger partial charge is 0.485 e. The van der Waals surface area contributed by atoms with E-state index in [1.165, 1.54) is 11.8 Å². The molecule has 1 amide bonds. The van der Waals surface area contributed by atoms with Gasteiger partial charge in [0.25, 0.3) is 5.91 Å². The van der Waals surface area contributed by atoms with Crippen molar-refractivity contribution in [3.8, 4) is 5.75 Å². The molecule has 0 bridgehead atoms. The Labute approximate surface area is 168 Å². The highest BCUT2D eigenvalue weighted by atomic mass is 32.2. The summed E-state index contributed by atoms with van der Waals surface area (Å²) in [5, 5.41) is 8.67. The van der Waals surface area contributed by atoms with Gasteiger partial charge in [0.1, 0.15) is 16.2 Å². The second-order valence-electron chi connectivity index (χ2n) is 6.48. The number of carbonyl (C=O) groups excluding carboxylic acids is 1. The van der Waals surface area contributed by atoms with Crippen LogP contribution in [0.4, 0.5) is 0 Å². The van der Waals surface area contributed by atoms with Crippen molar-refractivity contribution >= 4 is 46.3 Å². The highest BCUT2D eigenvalue weighted by Crippen LogP contribution is 2.35. The zero-order valence-corrected chi connectivity index (χ0v) is 16.6. The quantitative estimate of drug-likeness (QED) is 0.417. The topological polar surface area (TPSA) is 66.8 Å². The molecule has 1 N–H and O–H groups in total. The third kappa shape index (κ3) is 4.78. The van der Waals surface area contributed by atoms with Gasteiger partial charge in [-0.05, 0) is 43.6 Å². The molecule has 1 unspecified atom stereocenters. The maximum absolute atomic E-state index is 12.7. The van der Waals surface area contributed by atoms with Crippen molar-refractivity contribution in [1.29, 1.82) is 0 Å². The SMILES string of the molecule is CC1Oc2ccccc2C=C1/C=C1\SC(=S)N(CCCCCC(=O)O)C1=O. The molecule has 1 atom stereocenters. The molecule has 1 saturated heterocycles. The van der Waals surface area contributed by atoms with E-state index < -0.39 is 5.97 Å². The first-order valence-electron chi connectivity index (χ1n) is 8.90. The van der Waals surface area contributed by atoms with Crippen molar-refractivity contribution < 1.29 is 19.4 Å². The van der Waals surface area contributed by atoms with Crippen LogP contribution in [-0.4, -0.2) is 38.9 Å². The van der Waals surface area contributed by atoms with Crippen LogP contribution in [0, 0.1) is 0 Å². The van der Waals surface area contributed by atoms with Crippen LogP contribution in [0.1, 0.15) is 38.2 Å². The monoisotopic (exact) mass is 403 g/mol. The van der Waals surface area contributed by atoms with Gasteiger partial charge >= 0.3 is 5.97 Å². The van der Waals surface area contributed by atoms with Gasteiger partial charge in [-0.25, -0.2) is 0 Å². The fourth-order valence-electron chi connectivity index (χ4n) is 2.99. The maximum atomic E-state index is 12.7. The molecule has 3 rings (SSSR count). The van der Waals surface area contributed by atoms with Crippen LogP contribution in [0.15, 0.2) is 40.8 Å². The Bertz CT molecular complexity index is 831. The second-order valence-corrected chi connectivity index (χ2v) is 8.16. The molecule has 0 aromatic heterocycles. The maximum Gasteiger partial charge on any atom is 0.303 e. The third-order valence-electron chi connectivity index (χ3n) is 4.46. The van der Waals surface area contributed by atoms with Crippen LogP contribution < -0.4 is 4.74 Å². The van der Waals surface area contributed by atoms with Gasteiger partial charge in [-0.1, -0.05) is 48.6 Å². The van der Waals surface area contributed by atoms with Gasteiger partial charge in [0.2, 0.25) is 0 Å². The lowest BCUT2D eigenvalue weighted by atomic mass is 10.0. The number of carboxylic acids is 1. The number of fused-ring (bicyclic) bond motifs is 1. The minimum Gasteiger partial charge on any atom is -0.485 e. The number of amides is 1. The number of benzene rings is 1. The molecule has 0 spiro atoms. The lowest BCUT2D eigenvalue weighted by Gasteiger charge is -2.23. The number of thiocarbonyl (C=S) groups is 1. The highest BCUT2D eigenvalue weighted by molar-refractivity contribution is 8.26. The fourth-order valence-corrected chi connectivity index (χ4v) is 4.30. The number of carboxylic acid groups (broad SMARTS) is 1. The first-order chi connectivity index (χ1) is 13.0. The number of hydrogen-bond acceptors (Lipinski definition) is 5. The third-order valence-corrected chi connectivity index (χ3v) is 5.84. The number of ether oxygens (including phenoxy) is 1. The van der Waals surface area contributed by atoms with Crippen LogP contribution in [0.5, 0.6) is 5.75 Å². The summed E-state index contributed by atoms with van der Waals surface area (Å²) >= 11 is 6.66. The van der Waals surface area contributed by atoms with Crippen molar-refractivity contribution in [3.05, 3.63) is 46.4 Å². The van der Waals surface area contributed by atoms with Gasteiger partial charge in [0.05, 0.1) is 4.91 Å². The molecule has 27 heavy (non-hydrogen) atoms. The van der Waals surface area contributed by atoms with Gasteiger partial charge < -0.3 is 9.84 Å². The molecule has 2 heterocycles. The first-order valence-corrected chi connectivity index (χ1v) is 10.1. The fraction of sp³-hybridized carbons (Fsp3) is 0.350. The average molecular weight is 404 g/mol. The predicted octanol–water partition coefficient (Wildman–Crippen LogP) is 4.24. The lowest BCUT2D eigenvalue weighted by molar-refractivity contribution is -0.137. The normalized spacial score (nSPS) is 20.5. The van der Waals surface area contributed by atoms with Crippen molar-refractivity contribution in [2.75, 3.05) is 6.54 Å². The smallest absolute Gasteiger partial charge is 0.303 e. The van der Waals surface area contributed by atoms with Crippen LogP contribution in [0.3, 0.4) is 0 Å². The summed E-state index contributed by atoms with van der Waals surface area (Å²) in [6.45, 7) is 2.48. The lowest BCUT2D eigenvalue weighted by Crippen LogP contribution is -2.29. The van der Waals surface area contributed by atoms with E-state index in [0.29, 0.717) is 22.2 Å². The summed E-state index contributed by atoms with van der Waals surface area (Å²) in [4.78, 5) is 25.5. The molecule has 5 nitrogen and oxygen atoms in total. The van der Waals surface area contributed by atoms with E-state index >= 15 is 0 Å². The number of aliphatic carboxylic acids is 1. The Morgan fingerprint density at radius 2 is 2.11 bits per heavy atom. The number of hydrogen-bond donors (Lipinski definition) is 1. The molecule has 0 radical (unpaired) electrons. The summed E-state index contributed by atoms with van der Waals surface area (Å²) in [7, 11) is 0. The van der Waals surface area contributed by atoms with E-state index in [1.54, 1.807) is 4.90 Å². The zero-order chi connectivity index (χ0) is 19.4. The van der Waals surface area contributed by atoms with Gasteiger partial charge in [0.15, 0.2) is 0 Å². The molecule has 0 aliphatic carbocycles. The van der Waals surface area contributed by atoms with E-state index in [0.717, 1.165) is 29.7 Å². The standard InChI is InChI=1S/C20H21NO4S2/c1-13-15(11-14-7-4-5-8-16(14)25-13)12-17-19(24)21(20(26)27-17)10-6-2-3-9-18(22)23/h4-5,7-8,11-13H,2-3,6,9-10H2,1H3,(H,22,23)/b17-12-. The van der Waals surface area contributed by atoms with E-state index in [1.807, 2.05) is 43.3 Å². The molecule has 1 fully saturated rings. The zero-order valence-electron chi connectivity index (χ0n) is 15.0. The minimum atomic E-state index is -0.790. The van der Waals surface area contributed by atoms with Crippen molar-refractivity contribution in [2.24, 2.45) is 0 Å². The van der Waals surface area contributed by atoms with Crippen LogP contribution in [0.2, 0.25) is 0 Å². The summed E-state index contributed by atoms with van der Waals surface area (Å²) in [5.41, 5.74) is 1.94. The number of rotatable bonds is 7. The Morgan fingerprint density at radius 3 is 2.89 bits per heavy atom. The van der Waals surface area contributed by atoms with Gasteiger partial charge in [-0.3, -0.25) is 14.5 Å². The molecule has 2 aliphatic rings. The molecular weight excluding hydrogens is 382 g/mol. The van der Waals surface area contributed by atoms with Crippen LogP contribution >= 0.6 is 24.0 Å². The van der Waals surface area contributed by atoms with E-state index in [9.17, 15) is 9.59 Å². The number of para-hydroxylation sites is 1. The molecule has 1 aromatic rings. The Hall–Kier alpha value is -2.12. The molecule has 7 heteroatoms. The van der Waals surface area contributed by atoms with Gasteiger partial charge in [-0.15, -0.1) is 0 Å². The van der Waals surface area contributed by atoms with Gasteiger partial charge in [-0.2, -0.15) is 0 Å². The molecule has 142 valence electrons. The van der Waals surface area contributed by atoms with E-state index in [2.05, 4.69) is 0 Å². The van der Waals surface area contributed by atoms with Crippen molar-refractivity contribution in [1.82, 2.24) is 4.90 Å². The van der Waals surface area contributed by atoms with Crippen LogP contribution in [0.25, 0.3) is 6.08 Å². The Kier molecular flexibility index (Phi) is 6.34. The number of nitrogens with zero attached hydrogens (tertiary/aromatic N) is 1. The van der Waals surface area contributed by atoms with Crippen LogP contribution in [-0.2, 0) is 9.59 Å². The number of thioether (sulfide) groups is 1. The van der Waals surface area contributed by atoms with E-state index in [4.69, 9.17) is 22.1 Å². The van der Waals surface area contributed by atoms with E-state index in [-0.39, 0.29) is 18.4 Å². The summed E-state index contributed by atoms with van der Waals surface area (Å²) in [6, 6.07) is 7.81. The van der Waals surface area contributed by atoms with Crippen molar-refractivity contribution in [3.63, 3.8) is 0 Å². The molecule has 1 aromatic carbocycles. The molecule has 0 saturated carbocycles. The molecular formula is C20H21NO4S2. The summed E-state index contributed by atoms with van der Waals surface area (Å²) in [6.07, 6.45) is 6.04. The number of unbranched alkanes of at least 4 members (excludes halogenated alkanes) is 2. The summed E-state index contributed by atoms with van der Waals surface area (Å²) in [5.74, 6) is -0.0338. The highest BCUT2D eigenvalue weighted by Gasteiger charge is 2.32. The van der Waals surface area contributed by atoms with Gasteiger partial charge in [0, 0.05) is 18.5 Å². The Morgan fingerprint density at radius 1 is 1.33 bits per heavy atom. The molecule has 2 aliphatic heterocycles. The average Bonchev–Trinajstić information content (AvgIpc) is 2.89. The second kappa shape index (κ2) is 8.71. The summed E-state index contributed by atoms with van der Waals surface area (Å²) < 4.78 is 6.48. The first kappa shape index (κ1) is 19.6.